The van der Waals surface area contributed by atoms with Crippen LogP contribution < -0.4 is 5.32 Å². The summed E-state index contributed by atoms with van der Waals surface area (Å²) in [5, 5.41) is 12.1. The lowest BCUT2D eigenvalue weighted by Gasteiger charge is -2.09. The topological polar surface area (TPSA) is 48.7 Å². The maximum Gasteiger partial charge on any atom is 0.101 e. The highest BCUT2D eigenvalue weighted by atomic mass is 14.9. The Morgan fingerprint density at radius 2 is 2.46 bits per heavy atom. The lowest BCUT2D eigenvalue weighted by molar-refractivity contribution is 0.645. The predicted octanol–water partition coefficient (Wildman–Crippen LogP) is 1.38. The van der Waals surface area contributed by atoms with E-state index in [1.54, 1.807) is 6.20 Å². The van der Waals surface area contributed by atoms with Crippen LogP contribution in [0.2, 0.25) is 0 Å². The molecule has 0 aromatic carbocycles. The van der Waals surface area contributed by atoms with Crippen LogP contribution in [0, 0.1) is 11.3 Å². The van der Waals surface area contributed by atoms with E-state index in [-0.39, 0.29) is 0 Å². The van der Waals surface area contributed by atoms with Crippen molar-refractivity contribution in [1.29, 1.82) is 5.26 Å². The molecule has 0 amide bonds. The molecule has 0 radical (unpaired) electrons. The van der Waals surface area contributed by atoms with Crippen LogP contribution in [-0.2, 0) is 0 Å². The first-order valence-electron chi connectivity index (χ1n) is 4.48. The predicted molar refractivity (Wildman–Crippen MR) is 48.9 cm³/mol. The van der Waals surface area contributed by atoms with Gasteiger partial charge in [0.15, 0.2) is 0 Å². The Balaban J connectivity index is 2.25. The van der Waals surface area contributed by atoms with E-state index >= 15 is 0 Å². The summed E-state index contributed by atoms with van der Waals surface area (Å²) in [6.45, 7) is 1.07. The largest absolute Gasteiger partial charge is 0.310 e. The Bertz CT molecular complexity index is 334. The molecule has 3 nitrogen and oxygen atoms in total. The number of aromatic nitrogens is 1. The lowest BCUT2D eigenvalue weighted by Crippen LogP contribution is -2.13. The molecule has 2 heterocycles. The zero-order valence-corrected chi connectivity index (χ0v) is 7.33. The van der Waals surface area contributed by atoms with Gasteiger partial charge in [-0.05, 0) is 31.0 Å². The summed E-state index contributed by atoms with van der Waals surface area (Å²) in [5.74, 6) is 0. The third-order valence-electron chi connectivity index (χ3n) is 2.35. The van der Waals surface area contributed by atoms with Crippen LogP contribution in [0.25, 0.3) is 0 Å². The molecule has 1 N–H and O–H groups in total. The van der Waals surface area contributed by atoms with Gasteiger partial charge < -0.3 is 5.32 Å². The van der Waals surface area contributed by atoms with Gasteiger partial charge in [0.1, 0.15) is 6.07 Å². The molecule has 1 aromatic heterocycles. The summed E-state index contributed by atoms with van der Waals surface area (Å²) in [6, 6.07) is 4.42. The van der Waals surface area contributed by atoms with E-state index in [2.05, 4.69) is 16.4 Å². The number of rotatable bonds is 1. The number of hydrogen-bond acceptors (Lipinski definition) is 3. The van der Waals surface area contributed by atoms with Crippen molar-refractivity contribution in [3.8, 4) is 6.07 Å². The molecule has 13 heavy (non-hydrogen) atoms. The van der Waals surface area contributed by atoms with Crippen LogP contribution in [0.4, 0.5) is 0 Å². The zero-order valence-electron chi connectivity index (χ0n) is 7.33. The first-order chi connectivity index (χ1) is 6.40. The highest BCUT2D eigenvalue weighted by Crippen LogP contribution is 2.22. The Morgan fingerprint density at radius 1 is 1.54 bits per heavy atom. The molecule has 1 fully saturated rings. The molecule has 1 atom stereocenters. The van der Waals surface area contributed by atoms with Gasteiger partial charge in [-0.3, -0.25) is 4.98 Å². The highest BCUT2D eigenvalue weighted by Gasteiger charge is 2.16. The minimum atomic E-state index is 0.404. The van der Waals surface area contributed by atoms with Crippen molar-refractivity contribution in [3.05, 3.63) is 29.6 Å². The van der Waals surface area contributed by atoms with Crippen molar-refractivity contribution in [2.75, 3.05) is 6.54 Å². The van der Waals surface area contributed by atoms with Crippen LogP contribution in [0.5, 0.6) is 0 Å². The average Bonchev–Trinajstić information content (AvgIpc) is 2.71. The molecule has 2 rings (SSSR count). The first kappa shape index (κ1) is 8.21. The Hall–Kier alpha value is -1.40. The number of nitriles is 1. The molecule has 66 valence electrons. The number of nitrogens with one attached hydrogen (secondary N) is 1. The standard InChI is InChI=1S/C10H11N3/c11-5-8-4-9(7-12-6-8)10-2-1-3-13-10/h4,6-7,10,13H,1-3H2/t10-/m1/s1. The summed E-state index contributed by atoms with van der Waals surface area (Å²) in [4.78, 5) is 4.04. The van der Waals surface area contributed by atoms with Gasteiger partial charge in [-0.1, -0.05) is 0 Å². The molecule has 1 aliphatic heterocycles. The summed E-state index contributed by atoms with van der Waals surface area (Å²) >= 11 is 0. The fourth-order valence-corrected chi connectivity index (χ4v) is 1.68. The molecular weight excluding hydrogens is 162 g/mol. The van der Waals surface area contributed by atoms with Gasteiger partial charge >= 0.3 is 0 Å². The van der Waals surface area contributed by atoms with E-state index in [0.29, 0.717) is 11.6 Å². The maximum atomic E-state index is 8.69. The van der Waals surface area contributed by atoms with Crippen molar-refractivity contribution >= 4 is 0 Å². The van der Waals surface area contributed by atoms with Crippen LogP contribution >= 0.6 is 0 Å². The molecule has 0 saturated carbocycles. The normalized spacial score (nSPS) is 21.3. The van der Waals surface area contributed by atoms with E-state index in [9.17, 15) is 0 Å². The van der Waals surface area contributed by atoms with Crippen molar-refractivity contribution < 1.29 is 0 Å². The molecule has 0 aliphatic carbocycles. The van der Waals surface area contributed by atoms with Gasteiger partial charge in [0.2, 0.25) is 0 Å². The quantitative estimate of drug-likeness (QED) is 0.698. The van der Waals surface area contributed by atoms with Gasteiger partial charge in [0, 0.05) is 18.4 Å². The maximum absolute atomic E-state index is 8.69. The first-order valence-corrected chi connectivity index (χ1v) is 4.48. The smallest absolute Gasteiger partial charge is 0.101 e. The highest BCUT2D eigenvalue weighted by molar-refractivity contribution is 5.30. The van der Waals surface area contributed by atoms with Gasteiger partial charge in [-0.15, -0.1) is 0 Å². The second-order valence-corrected chi connectivity index (χ2v) is 3.27. The van der Waals surface area contributed by atoms with E-state index in [1.807, 2.05) is 12.3 Å². The summed E-state index contributed by atoms with van der Waals surface area (Å²) in [5.41, 5.74) is 1.78. The summed E-state index contributed by atoms with van der Waals surface area (Å²) < 4.78 is 0. The molecule has 3 heteroatoms. The Kier molecular flexibility index (Phi) is 2.24. The molecule has 0 bridgehead atoms. The second-order valence-electron chi connectivity index (χ2n) is 3.27. The number of nitrogens with zero attached hydrogens (tertiary/aromatic N) is 2. The van der Waals surface area contributed by atoms with Crippen molar-refractivity contribution in [3.63, 3.8) is 0 Å². The van der Waals surface area contributed by atoms with Crippen LogP contribution in [0.3, 0.4) is 0 Å². The van der Waals surface area contributed by atoms with Gasteiger partial charge in [-0.2, -0.15) is 5.26 Å². The lowest BCUT2D eigenvalue weighted by atomic mass is 10.1. The fraction of sp³-hybridized carbons (Fsp3) is 0.400. The average molecular weight is 173 g/mol. The molecule has 1 saturated heterocycles. The van der Waals surface area contributed by atoms with Gasteiger partial charge in [0.25, 0.3) is 0 Å². The summed E-state index contributed by atoms with van der Waals surface area (Å²) in [7, 11) is 0. The Morgan fingerprint density at radius 3 is 3.15 bits per heavy atom. The number of pyridine rings is 1. The molecule has 1 aromatic rings. The third kappa shape index (κ3) is 1.68. The van der Waals surface area contributed by atoms with Crippen molar-refractivity contribution in [2.45, 2.75) is 18.9 Å². The number of hydrogen-bond donors (Lipinski definition) is 1. The van der Waals surface area contributed by atoms with E-state index in [0.717, 1.165) is 18.5 Å². The zero-order chi connectivity index (χ0) is 9.10. The molecule has 0 unspecified atom stereocenters. The van der Waals surface area contributed by atoms with Crippen molar-refractivity contribution in [1.82, 2.24) is 10.3 Å². The minimum absolute atomic E-state index is 0.404. The van der Waals surface area contributed by atoms with Gasteiger partial charge in [-0.25, -0.2) is 0 Å². The molecule has 1 aliphatic rings. The third-order valence-corrected chi connectivity index (χ3v) is 2.35. The van der Waals surface area contributed by atoms with Gasteiger partial charge in [0.05, 0.1) is 5.56 Å². The van der Waals surface area contributed by atoms with E-state index < -0.39 is 0 Å². The van der Waals surface area contributed by atoms with Crippen LogP contribution in [0.1, 0.15) is 30.0 Å². The van der Waals surface area contributed by atoms with Crippen LogP contribution in [0.15, 0.2) is 18.5 Å². The minimum Gasteiger partial charge on any atom is -0.310 e. The Labute approximate surface area is 77.4 Å². The second kappa shape index (κ2) is 3.55. The van der Waals surface area contributed by atoms with E-state index in [1.165, 1.54) is 6.42 Å². The molecular formula is C10H11N3. The summed E-state index contributed by atoms with van der Waals surface area (Å²) in [6.07, 6.45) is 5.79. The van der Waals surface area contributed by atoms with Crippen molar-refractivity contribution in [2.24, 2.45) is 0 Å². The SMILES string of the molecule is N#Cc1cncc([C@H]2CCCN2)c1. The monoisotopic (exact) mass is 173 g/mol. The fourth-order valence-electron chi connectivity index (χ4n) is 1.68. The van der Waals surface area contributed by atoms with E-state index in [4.69, 9.17) is 5.26 Å². The molecule has 0 spiro atoms. The van der Waals surface area contributed by atoms with Crippen LogP contribution in [-0.4, -0.2) is 11.5 Å².